The van der Waals surface area contributed by atoms with E-state index in [4.69, 9.17) is 9.47 Å². The van der Waals surface area contributed by atoms with Crippen molar-refractivity contribution in [3.63, 3.8) is 0 Å². The number of rotatable bonds is 2. The second-order valence-electron chi connectivity index (χ2n) is 3.58. The Morgan fingerprint density at radius 1 is 1.56 bits per heavy atom. The Balaban J connectivity index is 2.35. The molecule has 1 unspecified atom stereocenters. The third-order valence-corrected chi connectivity index (χ3v) is 2.49. The SMILES string of the molecule is CCOC1COc2ccccc2N1C(C)=O. The van der Waals surface area contributed by atoms with E-state index in [0.717, 1.165) is 11.4 Å². The lowest BCUT2D eigenvalue weighted by atomic mass is 10.2. The lowest BCUT2D eigenvalue weighted by Crippen LogP contribution is -2.47. The van der Waals surface area contributed by atoms with E-state index in [-0.39, 0.29) is 12.1 Å². The molecule has 0 bridgehead atoms. The highest BCUT2D eigenvalue weighted by Gasteiger charge is 2.30. The van der Waals surface area contributed by atoms with Gasteiger partial charge in [0.15, 0.2) is 6.23 Å². The van der Waals surface area contributed by atoms with Crippen LogP contribution in [-0.2, 0) is 9.53 Å². The van der Waals surface area contributed by atoms with Crippen LogP contribution < -0.4 is 9.64 Å². The molecule has 1 amide bonds. The average molecular weight is 221 g/mol. The van der Waals surface area contributed by atoms with Crippen LogP contribution in [0.3, 0.4) is 0 Å². The molecule has 0 spiro atoms. The Labute approximate surface area is 94.8 Å². The van der Waals surface area contributed by atoms with Gasteiger partial charge in [-0.15, -0.1) is 0 Å². The first-order chi connectivity index (χ1) is 7.74. The number of para-hydroxylation sites is 2. The van der Waals surface area contributed by atoms with Crippen molar-refractivity contribution in [3.05, 3.63) is 24.3 Å². The number of nitrogens with zero attached hydrogens (tertiary/aromatic N) is 1. The molecule has 0 saturated heterocycles. The third-order valence-electron chi connectivity index (χ3n) is 2.49. The Morgan fingerprint density at radius 2 is 2.31 bits per heavy atom. The summed E-state index contributed by atoms with van der Waals surface area (Å²) in [6, 6.07) is 7.49. The van der Waals surface area contributed by atoms with Crippen molar-refractivity contribution in [2.45, 2.75) is 20.1 Å². The van der Waals surface area contributed by atoms with Crippen molar-refractivity contribution in [3.8, 4) is 5.75 Å². The Hall–Kier alpha value is -1.55. The first-order valence-corrected chi connectivity index (χ1v) is 5.37. The topological polar surface area (TPSA) is 38.8 Å². The van der Waals surface area contributed by atoms with Crippen LogP contribution in [0.5, 0.6) is 5.75 Å². The molecule has 0 fully saturated rings. The van der Waals surface area contributed by atoms with E-state index in [9.17, 15) is 4.79 Å². The average Bonchev–Trinajstić information content (AvgIpc) is 2.28. The maximum atomic E-state index is 11.6. The molecule has 0 N–H and O–H groups in total. The van der Waals surface area contributed by atoms with Crippen LogP contribution >= 0.6 is 0 Å². The minimum atomic E-state index is -0.322. The molecule has 1 aliphatic heterocycles. The fraction of sp³-hybridized carbons (Fsp3) is 0.417. The van der Waals surface area contributed by atoms with Gasteiger partial charge in [0, 0.05) is 13.5 Å². The van der Waals surface area contributed by atoms with Gasteiger partial charge < -0.3 is 9.47 Å². The first kappa shape index (κ1) is 11.0. The number of ether oxygens (including phenoxy) is 2. The highest BCUT2D eigenvalue weighted by Crippen LogP contribution is 2.33. The van der Waals surface area contributed by atoms with Crippen LogP contribution in [-0.4, -0.2) is 25.3 Å². The smallest absolute Gasteiger partial charge is 0.226 e. The number of amides is 1. The lowest BCUT2D eigenvalue weighted by molar-refractivity contribution is -0.120. The predicted molar refractivity (Wildman–Crippen MR) is 60.5 cm³/mol. The highest BCUT2D eigenvalue weighted by atomic mass is 16.6. The van der Waals surface area contributed by atoms with Crippen LogP contribution in [0.4, 0.5) is 5.69 Å². The van der Waals surface area contributed by atoms with Crippen LogP contribution in [0.25, 0.3) is 0 Å². The van der Waals surface area contributed by atoms with Crippen LogP contribution in [0.1, 0.15) is 13.8 Å². The third kappa shape index (κ3) is 1.88. The van der Waals surface area contributed by atoms with Crippen molar-refractivity contribution in [2.75, 3.05) is 18.1 Å². The van der Waals surface area contributed by atoms with Gasteiger partial charge >= 0.3 is 0 Å². The molecule has 4 nitrogen and oxygen atoms in total. The largest absolute Gasteiger partial charge is 0.487 e. The van der Waals surface area contributed by atoms with Crippen LogP contribution in [0.2, 0.25) is 0 Å². The molecule has 86 valence electrons. The van der Waals surface area contributed by atoms with E-state index in [0.29, 0.717) is 13.2 Å². The molecule has 1 atom stereocenters. The summed E-state index contributed by atoms with van der Waals surface area (Å²) in [6.07, 6.45) is -0.322. The molecule has 2 rings (SSSR count). The number of carbonyl (C=O) groups is 1. The number of fused-ring (bicyclic) bond motifs is 1. The van der Waals surface area contributed by atoms with E-state index < -0.39 is 0 Å². The molecule has 1 aromatic rings. The molecule has 0 aromatic heterocycles. The molecular weight excluding hydrogens is 206 g/mol. The normalized spacial score (nSPS) is 18.9. The van der Waals surface area contributed by atoms with Gasteiger partial charge in [0.05, 0.1) is 5.69 Å². The molecule has 1 aliphatic rings. The molecule has 0 radical (unpaired) electrons. The Morgan fingerprint density at radius 3 is 3.00 bits per heavy atom. The van der Waals surface area contributed by atoms with Gasteiger partial charge in [0.25, 0.3) is 0 Å². The summed E-state index contributed by atoms with van der Waals surface area (Å²) in [5, 5.41) is 0. The van der Waals surface area contributed by atoms with Gasteiger partial charge in [0.2, 0.25) is 5.91 Å². The number of carbonyl (C=O) groups excluding carboxylic acids is 1. The number of benzene rings is 1. The number of hydrogen-bond donors (Lipinski definition) is 0. The number of anilines is 1. The van der Waals surface area contributed by atoms with Gasteiger partial charge in [-0.2, -0.15) is 0 Å². The van der Waals surface area contributed by atoms with Gasteiger partial charge in [-0.05, 0) is 19.1 Å². The monoisotopic (exact) mass is 221 g/mol. The Bertz CT molecular complexity index is 392. The van der Waals surface area contributed by atoms with Crippen LogP contribution in [0, 0.1) is 0 Å². The van der Waals surface area contributed by atoms with E-state index in [1.165, 1.54) is 6.92 Å². The molecule has 16 heavy (non-hydrogen) atoms. The fourth-order valence-corrected chi connectivity index (χ4v) is 1.86. The van der Waals surface area contributed by atoms with E-state index >= 15 is 0 Å². The lowest BCUT2D eigenvalue weighted by Gasteiger charge is -2.35. The van der Waals surface area contributed by atoms with Crippen LogP contribution in [0.15, 0.2) is 24.3 Å². The predicted octanol–water partition coefficient (Wildman–Crippen LogP) is 1.79. The van der Waals surface area contributed by atoms with Gasteiger partial charge in [-0.1, -0.05) is 12.1 Å². The fourth-order valence-electron chi connectivity index (χ4n) is 1.86. The standard InChI is InChI=1S/C12H15NO3/c1-3-15-12-8-16-11-7-5-4-6-10(11)13(12)9(2)14/h4-7,12H,3,8H2,1-2H3. The zero-order valence-electron chi connectivity index (χ0n) is 9.47. The summed E-state index contributed by atoms with van der Waals surface area (Å²) in [7, 11) is 0. The van der Waals surface area contributed by atoms with Crippen molar-refractivity contribution >= 4 is 11.6 Å². The summed E-state index contributed by atoms with van der Waals surface area (Å²) in [5.74, 6) is 0.697. The van der Waals surface area contributed by atoms with Gasteiger partial charge in [-0.25, -0.2) is 0 Å². The molecule has 1 aromatic carbocycles. The van der Waals surface area contributed by atoms with E-state index in [1.54, 1.807) is 4.90 Å². The zero-order valence-corrected chi connectivity index (χ0v) is 9.47. The summed E-state index contributed by atoms with van der Waals surface area (Å²) >= 11 is 0. The molecule has 4 heteroatoms. The van der Waals surface area contributed by atoms with Crippen molar-refractivity contribution < 1.29 is 14.3 Å². The second-order valence-corrected chi connectivity index (χ2v) is 3.58. The van der Waals surface area contributed by atoms with Crippen molar-refractivity contribution in [1.82, 2.24) is 0 Å². The molecular formula is C12H15NO3. The molecule has 1 heterocycles. The van der Waals surface area contributed by atoms with E-state index in [2.05, 4.69) is 0 Å². The minimum absolute atomic E-state index is 0.0331. The maximum absolute atomic E-state index is 11.6. The summed E-state index contributed by atoms with van der Waals surface area (Å²) in [5.41, 5.74) is 0.778. The number of hydrogen-bond acceptors (Lipinski definition) is 3. The molecule has 0 saturated carbocycles. The highest BCUT2D eigenvalue weighted by molar-refractivity contribution is 5.94. The summed E-state index contributed by atoms with van der Waals surface area (Å²) < 4.78 is 11.0. The summed E-state index contributed by atoms with van der Waals surface area (Å²) in [4.78, 5) is 13.3. The van der Waals surface area contributed by atoms with Crippen molar-refractivity contribution in [1.29, 1.82) is 0 Å². The van der Waals surface area contributed by atoms with Crippen molar-refractivity contribution in [2.24, 2.45) is 0 Å². The second kappa shape index (κ2) is 4.53. The maximum Gasteiger partial charge on any atom is 0.226 e. The van der Waals surface area contributed by atoms with Gasteiger partial charge in [0.1, 0.15) is 12.4 Å². The summed E-state index contributed by atoms with van der Waals surface area (Å²) in [6.45, 7) is 4.37. The molecule has 0 aliphatic carbocycles. The minimum Gasteiger partial charge on any atom is -0.487 e. The first-order valence-electron chi connectivity index (χ1n) is 5.37. The van der Waals surface area contributed by atoms with Gasteiger partial charge in [-0.3, -0.25) is 9.69 Å². The quantitative estimate of drug-likeness (QED) is 0.764. The Kier molecular flexibility index (Phi) is 3.10. The zero-order chi connectivity index (χ0) is 11.5. The van der Waals surface area contributed by atoms with E-state index in [1.807, 2.05) is 31.2 Å².